The highest BCUT2D eigenvalue weighted by molar-refractivity contribution is 5.75. The zero-order chi connectivity index (χ0) is 13.1. The van der Waals surface area contributed by atoms with Crippen molar-refractivity contribution in [2.45, 2.75) is 13.8 Å². The maximum atomic E-state index is 13.4. The van der Waals surface area contributed by atoms with Crippen molar-refractivity contribution in [3.05, 3.63) is 29.6 Å². The van der Waals surface area contributed by atoms with Gasteiger partial charge in [0.1, 0.15) is 12.9 Å². The lowest BCUT2D eigenvalue weighted by Crippen LogP contribution is -2.30. The Morgan fingerprint density at radius 3 is 2.65 bits per heavy atom. The van der Waals surface area contributed by atoms with Crippen LogP contribution >= 0.6 is 0 Å². The number of aliphatic carboxylic acids is 1. The quantitative estimate of drug-likeness (QED) is 0.801. The average molecular weight is 240 g/mol. The topological polar surface area (TPSA) is 63.6 Å². The van der Waals surface area contributed by atoms with Crippen LogP contribution in [0.1, 0.15) is 24.2 Å². The van der Waals surface area contributed by atoms with Crippen LogP contribution in [0.25, 0.3) is 0 Å². The summed E-state index contributed by atoms with van der Waals surface area (Å²) in [4.78, 5) is 21.2. The van der Waals surface area contributed by atoms with Crippen molar-refractivity contribution in [1.82, 2.24) is 0 Å². The third-order valence-corrected chi connectivity index (χ3v) is 2.26. The first-order chi connectivity index (χ1) is 7.86. The molecule has 1 aromatic rings. The molecule has 0 aliphatic heterocycles. The zero-order valence-electron chi connectivity index (χ0n) is 9.57. The molecular weight excluding hydrogens is 227 g/mol. The molecule has 92 valence electrons. The number of carbonyl (C=O) groups excluding carboxylic acids is 1. The highest BCUT2D eigenvalue weighted by Crippen LogP contribution is 2.22. The van der Waals surface area contributed by atoms with Crippen molar-refractivity contribution in [3.8, 4) is 5.75 Å². The molecule has 0 aliphatic carbocycles. The number of ether oxygens (including phenoxy) is 1. The summed E-state index contributed by atoms with van der Waals surface area (Å²) in [5.41, 5.74) is -0.900. The Morgan fingerprint density at radius 2 is 2.18 bits per heavy atom. The predicted octanol–water partition coefficient (Wildman–Crippen LogP) is 2.13. The fourth-order valence-electron chi connectivity index (χ4n) is 1.03. The smallest absolute Gasteiger partial charge is 0.312 e. The Hall–Kier alpha value is -1.91. The summed E-state index contributed by atoms with van der Waals surface area (Å²) in [6.07, 6.45) is 0.522. The van der Waals surface area contributed by atoms with Gasteiger partial charge in [-0.2, -0.15) is 0 Å². The van der Waals surface area contributed by atoms with Crippen LogP contribution in [0.15, 0.2) is 18.2 Å². The average Bonchev–Trinajstić information content (AvgIpc) is 2.27. The highest BCUT2D eigenvalue weighted by Gasteiger charge is 2.28. The molecule has 4 nitrogen and oxygen atoms in total. The number of aldehydes is 1. The molecule has 5 heteroatoms. The monoisotopic (exact) mass is 240 g/mol. The molecule has 0 radical (unpaired) electrons. The molecule has 0 aromatic heterocycles. The molecule has 1 rings (SSSR count). The first-order valence-corrected chi connectivity index (χ1v) is 4.98. The van der Waals surface area contributed by atoms with Gasteiger partial charge < -0.3 is 9.84 Å². The molecule has 0 aliphatic rings. The largest absolute Gasteiger partial charge is 0.489 e. The second-order valence-electron chi connectivity index (χ2n) is 4.29. The van der Waals surface area contributed by atoms with Gasteiger partial charge in [-0.05, 0) is 32.0 Å². The summed E-state index contributed by atoms with van der Waals surface area (Å²) in [7, 11) is 0. The number of hydrogen-bond acceptors (Lipinski definition) is 3. The van der Waals surface area contributed by atoms with Crippen LogP contribution in [0, 0.1) is 11.2 Å². The molecule has 0 bridgehead atoms. The van der Waals surface area contributed by atoms with E-state index in [1.807, 2.05) is 0 Å². The lowest BCUT2D eigenvalue weighted by atomic mass is 9.95. The van der Waals surface area contributed by atoms with Crippen LogP contribution in [0.3, 0.4) is 0 Å². The molecule has 0 atom stereocenters. The van der Waals surface area contributed by atoms with Gasteiger partial charge in [0.2, 0.25) is 0 Å². The van der Waals surface area contributed by atoms with Crippen LogP contribution in [0.2, 0.25) is 0 Å². The number of carboxylic acids is 1. The molecule has 0 heterocycles. The minimum absolute atomic E-state index is 0.0649. The van der Waals surface area contributed by atoms with Crippen LogP contribution in [-0.2, 0) is 4.79 Å². The van der Waals surface area contributed by atoms with Gasteiger partial charge in [-0.15, -0.1) is 0 Å². The van der Waals surface area contributed by atoms with E-state index in [1.54, 1.807) is 0 Å². The lowest BCUT2D eigenvalue weighted by molar-refractivity contribution is -0.148. The van der Waals surface area contributed by atoms with Gasteiger partial charge in [-0.3, -0.25) is 9.59 Å². The second kappa shape index (κ2) is 4.95. The Bertz CT molecular complexity index is 440. The molecule has 0 saturated heterocycles. The maximum Gasteiger partial charge on any atom is 0.312 e. The van der Waals surface area contributed by atoms with Gasteiger partial charge in [0.05, 0.1) is 5.41 Å². The van der Waals surface area contributed by atoms with Crippen LogP contribution in [0.5, 0.6) is 5.75 Å². The molecule has 1 N–H and O–H groups in total. The van der Waals surface area contributed by atoms with Crippen molar-refractivity contribution in [1.29, 1.82) is 0 Å². The van der Waals surface area contributed by atoms with E-state index in [0.717, 1.165) is 6.07 Å². The van der Waals surface area contributed by atoms with E-state index in [4.69, 9.17) is 9.84 Å². The zero-order valence-corrected chi connectivity index (χ0v) is 9.57. The fourth-order valence-corrected chi connectivity index (χ4v) is 1.03. The number of rotatable bonds is 5. The van der Waals surface area contributed by atoms with Gasteiger partial charge in [0.25, 0.3) is 0 Å². The van der Waals surface area contributed by atoms with E-state index >= 15 is 0 Å². The van der Waals surface area contributed by atoms with E-state index in [-0.39, 0.29) is 17.9 Å². The van der Waals surface area contributed by atoms with Gasteiger partial charge >= 0.3 is 5.97 Å². The Labute approximate surface area is 98.0 Å². The third kappa shape index (κ3) is 3.27. The summed E-state index contributed by atoms with van der Waals surface area (Å²) in [6.45, 7) is 2.81. The predicted molar refractivity (Wildman–Crippen MR) is 58.7 cm³/mol. The molecular formula is C12H13FO4. The molecule has 17 heavy (non-hydrogen) atoms. The Morgan fingerprint density at radius 1 is 1.53 bits per heavy atom. The standard InChI is InChI=1S/C12H13FO4/c1-12(2,11(15)16)7-17-10-4-3-8(6-14)5-9(10)13/h3-6H,7H2,1-2H3,(H,15,16). The van der Waals surface area contributed by atoms with E-state index in [2.05, 4.69) is 0 Å². The highest BCUT2D eigenvalue weighted by atomic mass is 19.1. The summed E-state index contributed by atoms with van der Waals surface area (Å²) in [5, 5.41) is 8.85. The number of benzene rings is 1. The van der Waals surface area contributed by atoms with E-state index < -0.39 is 17.2 Å². The number of halogens is 1. The van der Waals surface area contributed by atoms with Crippen molar-refractivity contribution < 1.29 is 23.8 Å². The van der Waals surface area contributed by atoms with Gasteiger partial charge in [-0.1, -0.05) is 0 Å². The Kier molecular flexibility index (Phi) is 3.83. The molecule has 0 saturated carbocycles. The fraction of sp³-hybridized carbons (Fsp3) is 0.333. The van der Waals surface area contributed by atoms with E-state index in [0.29, 0.717) is 6.29 Å². The molecule has 0 fully saturated rings. The third-order valence-electron chi connectivity index (χ3n) is 2.26. The van der Waals surface area contributed by atoms with Crippen LogP contribution in [0.4, 0.5) is 4.39 Å². The van der Waals surface area contributed by atoms with Gasteiger partial charge in [-0.25, -0.2) is 4.39 Å². The number of carboxylic acid groups (broad SMARTS) is 1. The van der Waals surface area contributed by atoms with E-state index in [9.17, 15) is 14.0 Å². The van der Waals surface area contributed by atoms with Crippen LogP contribution < -0.4 is 4.74 Å². The first-order valence-electron chi connectivity index (χ1n) is 4.98. The van der Waals surface area contributed by atoms with Crippen LogP contribution in [-0.4, -0.2) is 24.0 Å². The molecule has 0 unspecified atom stereocenters. The molecule has 0 amide bonds. The second-order valence-corrected chi connectivity index (χ2v) is 4.29. The minimum atomic E-state index is -1.10. The van der Waals surface area contributed by atoms with Gasteiger partial charge in [0.15, 0.2) is 11.6 Å². The van der Waals surface area contributed by atoms with Crippen molar-refractivity contribution >= 4 is 12.3 Å². The summed E-state index contributed by atoms with van der Waals surface area (Å²) in [5.74, 6) is -1.77. The summed E-state index contributed by atoms with van der Waals surface area (Å²) < 4.78 is 18.5. The van der Waals surface area contributed by atoms with Gasteiger partial charge in [0, 0.05) is 5.56 Å². The SMILES string of the molecule is CC(C)(COc1ccc(C=O)cc1F)C(=O)O. The van der Waals surface area contributed by atoms with E-state index in [1.165, 1.54) is 26.0 Å². The van der Waals surface area contributed by atoms with Crippen molar-refractivity contribution in [3.63, 3.8) is 0 Å². The lowest BCUT2D eigenvalue weighted by Gasteiger charge is -2.19. The maximum absolute atomic E-state index is 13.4. The first kappa shape index (κ1) is 13.2. The molecule has 0 spiro atoms. The summed E-state index contributed by atoms with van der Waals surface area (Å²) in [6, 6.07) is 3.74. The number of carbonyl (C=O) groups is 2. The minimum Gasteiger partial charge on any atom is -0.489 e. The normalized spacial score (nSPS) is 11.0. The van der Waals surface area contributed by atoms with Crippen molar-refractivity contribution in [2.75, 3.05) is 6.61 Å². The van der Waals surface area contributed by atoms with Crippen molar-refractivity contribution in [2.24, 2.45) is 5.41 Å². The summed E-state index contributed by atoms with van der Waals surface area (Å²) >= 11 is 0. The Balaban J connectivity index is 2.76. The molecule has 1 aromatic carbocycles. The number of hydrogen-bond donors (Lipinski definition) is 1.